The number of rotatable bonds is 4. The van der Waals surface area contributed by atoms with E-state index in [0.717, 1.165) is 6.42 Å². The topological polar surface area (TPSA) is 65.2 Å². The smallest absolute Gasteiger partial charge is 0.254 e. The molecule has 0 saturated carbocycles. The summed E-state index contributed by atoms with van der Waals surface area (Å²) in [7, 11) is 0. The van der Waals surface area contributed by atoms with Crippen molar-refractivity contribution in [1.29, 1.82) is 0 Å². The summed E-state index contributed by atoms with van der Waals surface area (Å²) in [6, 6.07) is 3.00. The Labute approximate surface area is 87.0 Å². The van der Waals surface area contributed by atoms with E-state index in [2.05, 4.69) is 4.98 Å². The maximum absolute atomic E-state index is 11.0. The van der Waals surface area contributed by atoms with Crippen LogP contribution in [0.25, 0.3) is 0 Å². The molecule has 0 aromatic carbocycles. The number of carbonyl (C=O) groups is 1. The summed E-state index contributed by atoms with van der Waals surface area (Å²) in [6.07, 6.45) is 0.826. The summed E-state index contributed by atoms with van der Waals surface area (Å²) in [4.78, 5) is 14.8. The molecule has 4 nitrogen and oxygen atoms in total. The third kappa shape index (κ3) is 2.60. The highest BCUT2D eigenvalue weighted by Gasteiger charge is 2.11. The first kappa shape index (κ1) is 10.8. The van der Waals surface area contributed by atoms with Crippen molar-refractivity contribution in [2.45, 2.75) is 13.3 Å². The van der Waals surface area contributed by atoms with Gasteiger partial charge in [-0.2, -0.15) is 0 Å². The van der Waals surface area contributed by atoms with Crippen molar-refractivity contribution in [2.75, 3.05) is 6.61 Å². The molecule has 5 heteroatoms. The third-order valence-electron chi connectivity index (χ3n) is 1.53. The van der Waals surface area contributed by atoms with Gasteiger partial charge in [0.25, 0.3) is 5.91 Å². The van der Waals surface area contributed by atoms with E-state index in [1.165, 1.54) is 12.1 Å². The molecule has 0 fully saturated rings. The SMILES string of the molecule is CCCOc1nc(Cl)ccc1C(N)=O. The Morgan fingerprint density at radius 1 is 1.64 bits per heavy atom. The highest BCUT2D eigenvalue weighted by atomic mass is 35.5. The number of amides is 1. The standard InChI is InChI=1S/C9H11ClN2O2/c1-2-5-14-9-6(8(11)13)3-4-7(10)12-9/h3-4H,2,5H2,1H3,(H2,11,13). The molecule has 0 aliphatic carbocycles. The number of ether oxygens (including phenoxy) is 1. The minimum Gasteiger partial charge on any atom is -0.477 e. The van der Waals surface area contributed by atoms with Crippen molar-refractivity contribution < 1.29 is 9.53 Å². The fourth-order valence-corrected chi connectivity index (χ4v) is 1.05. The molecule has 0 radical (unpaired) electrons. The van der Waals surface area contributed by atoms with E-state index in [1.54, 1.807) is 0 Å². The summed E-state index contributed by atoms with van der Waals surface area (Å²) in [6.45, 7) is 2.43. The van der Waals surface area contributed by atoms with Crippen LogP contribution < -0.4 is 10.5 Å². The Kier molecular flexibility index (Phi) is 3.71. The number of nitrogens with zero attached hydrogens (tertiary/aromatic N) is 1. The number of aromatic nitrogens is 1. The quantitative estimate of drug-likeness (QED) is 0.775. The first-order valence-electron chi connectivity index (χ1n) is 4.24. The minimum atomic E-state index is -0.569. The lowest BCUT2D eigenvalue weighted by Crippen LogP contribution is -2.14. The van der Waals surface area contributed by atoms with Gasteiger partial charge in [0.1, 0.15) is 10.7 Å². The predicted octanol–water partition coefficient (Wildman–Crippen LogP) is 1.62. The Morgan fingerprint density at radius 2 is 2.36 bits per heavy atom. The van der Waals surface area contributed by atoms with Gasteiger partial charge in [0.15, 0.2) is 0 Å². The summed E-state index contributed by atoms with van der Waals surface area (Å²) in [5.41, 5.74) is 5.39. The zero-order chi connectivity index (χ0) is 10.6. The normalized spacial score (nSPS) is 9.86. The molecular weight excluding hydrogens is 204 g/mol. The van der Waals surface area contributed by atoms with Crippen LogP contribution in [0.2, 0.25) is 5.15 Å². The molecule has 76 valence electrons. The van der Waals surface area contributed by atoms with Gasteiger partial charge in [0.2, 0.25) is 5.88 Å². The van der Waals surface area contributed by atoms with Crippen LogP contribution in [0.4, 0.5) is 0 Å². The van der Waals surface area contributed by atoms with Crippen molar-refractivity contribution in [3.63, 3.8) is 0 Å². The highest BCUT2D eigenvalue weighted by Crippen LogP contribution is 2.18. The lowest BCUT2D eigenvalue weighted by Gasteiger charge is -2.06. The van der Waals surface area contributed by atoms with Gasteiger partial charge in [-0.1, -0.05) is 18.5 Å². The summed E-state index contributed by atoms with van der Waals surface area (Å²) in [5.74, 6) is -0.368. The van der Waals surface area contributed by atoms with E-state index >= 15 is 0 Å². The number of pyridine rings is 1. The van der Waals surface area contributed by atoms with Crippen molar-refractivity contribution in [3.8, 4) is 5.88 Å². The second-order valence-electron chi connectivity index (χ2n) is 2.70. The van der Waals surface area contributed by atoms with Crippen molar-refractivity contribution in [2.24, 2.45) is 5.73 Å². The van der Waals surface area contributed by atoms with Gasteiger partial charge in [-0.25, -0.2) is 4.98 Å². The number of carbonyl (C=O) groups excluding carboxylic acids is 1. The van der Waals surface area contributed by atoms with Crippen LogP contribution in [0, 0.1) is 0 Å². The molecule has 1 rings (SSSR count). The average molecular weight is 215 g/mol. The Bertz CT molecular complexity index is 342. The fraction of sp³-hybridized carbons (Fsp3) is 0.333. The van der Waals surface area contributed by atoms with Crippen LogP contribution in [-0.2, 0) is 0 Å². The molecule has 2 N–H and O–H groups in total. The molecule has 14 heavy (non-hydrogen) atoms. The predicted molar refractivity (Wildman–Crippen MR) is 53.6 cm³/mol. The second kappa shape index (κ2) is 4.81. The van der Waals surface area contributed by atoms with Gasteiger partial charge in [-0.15, -0.1) is 0 Å². The number of primary amides is 1. The van der Waals surface area contributed by atoms with Crippen LogP contribution >= 0.6 is 11.6 Å². The van der Waals surface area contributed by atoms with E-state index in [4.69, 9.17) is 22.1 Å². The van der Waals surface area contributed by atoms with Gasteiger partial charge in [0.05, 0.1) is 6.61 Å². The third-order valence-corrected chi connectivity index (χ3v) is 1.75. The molecule has 0 atom stereocenters. The molecule has 0 aliphatic rings. The van der Waals surface area contributed by atoms with Crippen molar-refractivity contribution in [3.05, 3.63) is 22.8 Å². The number of halogens is 1. The van der Waals surface area contributed by atoms with Crippen LogP contribution in [0.5, 0.6) is 5.88 Å². The molecule has 0 saturated heterocycles. The van der Waals surface area contributed by atoms with E-state index in [0.29, 0.717) is 6.61 Å². The Morgan fingerprint density at radius 3 is 2.93 bits per heavy atom. The first-order valence-corrected chi connectivity index (χ1v) is 4.62. The molecule has 1 aromatic heterocycles. The van der Waals surface area contributed by atoms with E-state index in [9.17, 15) is 4.79 Å². The minimum absolute atomic E-state index is 0.201. The lowest BCUT2D eigenvalue weighted by molar-refractivity contribution is 0.0995. The number of hydrogen-bond donors (Lipinski definition) is 1. The summed E-state index contributed by atoms with van der Waals surface area (Å²) >= 11 is 5.66. The maximum atomic E-state index is 11.0. The van der Waals surface area contributed by atoms with E-state index in [-0.39, 0.29) is 16.6 Å². The maximum Gasteiger partial charge on any atom is 0.254 e. The van der Waals surface area contributed by atoms with Gasteiger partial charge in [-0.3, -0.25) is 4.79 Å². The molecule has 1 aromatic rings. The van der Waals surface area contributed by atoms with Gasteiger partial charge in [0, 0.05) is 0 Å². The number of nitrogens with two attached hydrogens (primary N) is 1. The fourth-order valence-electron chi connectivity index (χ4n) is 0.914. The zero-order valence-electron chi connectivity index (χ0n) is 7.79. The van der Waals surface area contributed by atoms with Gasteiger partial charge < -0.3 is 10.5 Å². The molecule has 1 amide bonds. The highest BCUT2D eigenvalue weighted by molar-refractivity contribution is 6.29. The van der Waals surface area contributed by atoms with Crippen LogP contribution in [0.1, 0.15) is 23.7 Å². The van der Waals surface area contributed by atoms with E-state index in [1.807, 2.05) is 6.92 Å². The van der Waals surface area contributed by atoms with Crippen molar-refractivity contribution in [1.82, 2.24) is 4.98 Å². The summed E-state index contributed by atoms with van der Waals surface area (Å²) in [5, 5.41) is 0.279. The monoisotopic (exact) mass is 214 g/mol. The largest absolute Gasteiger partial charge is 0.477 e. The molecule has 1 heterocycles. The first-order chi connectivity index (χ1) is 6.65. The molecular formula is C9H11ClN2O2. The number of hydrogen-bond acceptors (Lipinski definition) is 3. The van der Waals surface area contributed by atoms with Crippen LogP contribution in [0.15, 0.2) is 12.1 Å². The lowest BCUT2D eigenvalue weighted by atomic mass is 10.2. The van der Waals surface area contributed by atoms with Crippen LogP contribution in [0.3, 0.4) is 0 Å². The molecule has 0 aliphatic heterocycles. The average Bonchev–Trinajstić information content (AvgIpc) is 2.14. The zero-order valence-corrected chi connectivity index (χ0v) is 8.54. The second-order valence-corrected chi connectivity index (χ2v) is 3.09. The molecule has 0 unspecified atom stereocenters. The summed E-state index contributed by atoms with van der Waals surface area (Å²) < 4.78 is 5.23. The van der Waals surface area contributed by atoms with Crippen LogP contribution in [-0.4, -0.2) is 17.5 Å². The van der Waals surface area contributed by atoms with Gasteiger partial charge in [-0.05, 0) is 18.6 Å². The Balaban J connectivity index is 2.97. The van der Waals surface area contributed by atoms with E-state index < -0.39 is 5.91 Å². The van der Waals surface area contributed by atoms with Gasteiger partial charge >= 0.3 is 0 Å². The molecule has 0 spiro atoms. The Hall–Kier alpha value is -1.29. The van der Waals surface area contributed by atoms with Crippen molar-refractivity contribution >= 4 is 17.5 Å². The molecule has 0 bridgehead atoms.